The molecule has 0 spiro atoms. The van der Waals surface area contributed by atoms with Gasteiger partial charge in [-0.3, -0.25) is 9.59 Å². The van der Waals surface area contributed by atoms with Crippen LogP contribution in [0.15, 0.2) is 24.3 Å². The van der Waals surface area contributed by atoms with Gasteiger partial charge in [-0.15, -0.1) is 0 Å². The maximum absolute atomic E-state index is 12.5. The number of hydrogen-bond donors (Lipinski definition) is 3. The number of amides is 1. The minimum absolute atomic E-state index is 0.0199. The Hall–Kier alpha value is -1.66. The molecular weight excluding hydrogens is 827 g/mol. The van der Waals surface area contributed by atoms with Crippen LogP contribution in [0.25, 0.3) is 0 Å². The summed E-state index contributed by atoms with van der Waals surface area (Å²) in [5.74, 6) is -0.0651. The first-order chi connectivity index (χ1) is 33.0. The van der Waals surface area contributed by atoms with E-state index in [1.807, 2.05) is 0 Å². The summed E-state index contributed by atoms with van der Waals surface area (Å²) >= 11 is 0. The Labute approximate surface area is 418 Å². The molecule has 1 amide bonds. The third kappa shape index (κ3) is 53.5. The van der Waals surface area contributed by atoms with Crippen LogP contribution in [-0.4, -0.2) is 47.4 Å². The molecule has 0 heterocycles. The second-order valence-electron chi connectivity index (χ2n) is 20.7. The number of aliphatic hydroxyl groups excluding tert-OH is 2. The molecule has 0 rings (SSSR count). The van der Waals surface area contributed by atoms with E-state index in [2.05, 4.69) is 43.5 Å². The maximum Gasteiger partial charge on any atom is 0.305 e. The van der Waals surface area contributed by atoms with Gasteiger partial charge in [-0.1, -0.05) is 289 Å². The predicted molar refractivity (Wildman–Crippen MR) is 292 cm³/mol. The van der Waals surface area contributed by atoms with Crippen molar-refractivity contribution in [2.24, 2.45) is 0 Å². The monoisotopic (exact) mass is 944 g/mol. The zero-order chi connectivity index (χ0) is 48.6. The van der Waals surface area contributed by atoms with E-state index in [0.29, 0.717) is 25.9 Å². The van der Waals surface area contributed by atoms with Gasteiger partial charge in [-0.25, -0.2) is 0 Å². The fourth-order valence-corrected chi connectivity index (χ4v) is 9.39. The van der Waals surface area contributed by atoms with Gasteiger partial charge in [-0.2, -0.15) is 0 Å². The summed E-state index contributed by atoms with van der Waals surface area (Å²) < 4.78 is 5.46. The van der Waals surface area contributed by atoms with E-state index < -0.39 is 12.1 Å². The van der Waals surface area contributed by atoms with Gasteiger partial charge in [0.05, 0.1) is 25.4 Å². The van der Waals surface area contributed by atoms with E-state index in [1.165, 1.54) is 231 Å². The number of rotatable bonds is 56. The van der Waals surface area contributed by atoms with Crippen LogP contribution in [0.4, 0.5) is 0 Å². The summed E-state index contributed by atoms with van der Waals surface area (Å²) in [5.41, 5.74) is 0. The maximum atomic E-state index is 12.5. The van der Waals surface area contributed by atoms with Crippen molar-refractivity contribution in [3.8, 4) is 0 Å². The van der Waals surface area contributed by atoms with Gasteiger partial charge in [0.25, 0.3) is 0 Å². The molecule has 67 heavy (non-hydrogen) atoms. The van der Waals surface area contributed by atoms with Crippen molar-refractivity contribution in [3.05, 3.63) is 24.3 Å². The molecule has 2 atom stereocenters. The van der Waals surface area contributed by atoms with Gasteiger partial charge >= 0.3 is 5.97 Å². The Morgan fingerprint density at radius 1 is 0.418 bits per heavy atom. The fourth-order valence-electron chi connectivity index (χ4n) is 9.39. The lowest BCUT2D eigenvalue weighted by Crippen LogP contribution is -2.45. The normalized spacial score (nSPS) is 12.7. The molecule has 3 N–H and O–H groups in total. The molecule has 0 fully saturated rings. The number of ether oxygens (including phenoxy) is 1. The van der Waals surface area contributed by atoms with Crippen molar-refractivity contribution in [2.45, 2.75) is 341 Å². The summed E-state index contributed by atoms with van der Waals surface area (Å²) in [5, 5.41) is 23.4. The fraction of sp³-hybridized carbons (Fsp3) is 0.902. The molecule has 0 saturated carbocycles. The zero-order valence-corrected chi connectivity index (χ0v) is 45.1. The summed E-state index contributed by atoms with van der Waals surface area (Å²) in [6.07, 6.45) is 68.9. The van der Waals surface area contributed by atoms with E-state index in [-0.39, 0.29) is 18.5 Å². The second kappa shape index (κ2) is 56.9. The standard InChI is InChI=1S/C61H117NO5/c1-3-5-7-9-11-13-15-17-18-19-20-21-22-23-24-25-26-27-30-33-37-41-45-49-53-59(64)58(57-63)62-60(65)54-50-46-42-38-34-31-28-32-36-40-44-48-52-56-67-61(66)55-51-47-43-39-35-29-16-14-12-10-8-6-4-2/h8,10,14,16,58-59,63-64H,3-7,9,11-13,15,17-57H2,1-2H3,(H,62,65)/b10-8-,16-14-. The minimum atomic E-state index is -0.675. The SMILES string of the molecule is CCC/C=C\C/C=C\CCCCCCCC(=O)OCCCCCCCCCCCCCCCC(=O)NC(CO)C(O)CCCCCCCCCCCCCCCCCCCCCCCCCC. The highest BCUT2D eigenvalue weighted by Crippen LogP contribution is 2.18. The van der Waals surface area contributed by atoms with Crippen LogP contribution in [-0.2, 0) is 14.3 Å². The van der Waals surface area contributed by atoms with E-state index in [0.717, 1.165) is 64.2 Å². The Morgan fingerprint density at radius 3 is 1.19 bits per heavy atom. The lowest BCUT2D eigenvalue weighted by molar-refractivity contribution is -0.143. The number of hydrogen-bond acceptors (Lipinski definition) is 5. The molecule has 6 nitrogen and oxygen atoms in total. The number of allylic oxidation sites excluding steroid dienone is 4. The van der Waals surface area contributed by atoms with E-state index in [9.17, 15) is 19.8 Å². The van der Waals surface area contributed by atoms with Gasteiger partial charge in [0.15, 0.2) is 0 Å². The summed E-state index contributed by atoms with van der Waals surface area (Å²) in [6.45, 7) is 4.88. The van der Waals surface area contributed by atoms with Crippen LogP contribution >= 0.6 is 0 Å². The molecule has 0 aromatic heterocycles. The molecule has 0 aliphatic rings. The first kappa shape index (κ1) is 65.3. The second-order valence-corrected chi connectivity index (χ2v) is 20.7. The van der Waals surface area contributed by atoms with Crippen LogP contribution in [0, 0.1) is 0 Å². The quantitative estimate of drug-likeness (QED) is 0.0321. The molecule has 6 heteroatoms. The highest BCUT2D eigenvalue weighted by Gasteiger charge is 2.20. The largest absolute Gasteiger partial charge is 0.466 e. The van der Waals surface area contributed by atoms with Gasteiger partial charge in [0.2, 0.25) is 5.91 Å². The van der Waals surface area contributed by atoms with Crippen LogP contribution in [0.1, 0.15) is 328 Å². The lowest BCUT2D eigenvalue weighted by atomic mass is 10.0. The average Bonchev–Trinajstić information content (AvgIpc) is 3.33. The van der Waals surface area contributed by atoms with Gasteiger partial charge in [-0.05, 0) is 51.4 Å². The first-order valence-electron chi connectivity index (χ1n) is 30.1. The number of unbranched alkanes of at least 4 members (excludes halogenated alkanes) is 41. The third-order valence-electron chi connectivity index (χ3n) is 14.0. The molecule has 0 aromatic carbocycles. The van der Waals surface area contributed by atoms with E-state index in [4.69, 9.17) is 4.74 Å². The van der Waals surface area contributed by atoms with Crippen molar-refractivity contribution >= 4 is 11.9 Å². The van der Waals surface area contributed by atoms with Gasteiger partial charge in [0.1, 0.15) is 0 Å². The number of carbonyl (C=O) groups is 2. The molecule has 396 valence electrons. The number of carbonyl (C=O) groups excluding carboxylic acids is 2. The smallest absolute Gasteiger partial charge is 0.305 e. The molecule has 0 radical (unpaired) electrons. The minimum Gasteiger partial charge on any atom is -0.466 e. The number of nitrogens with one attached hydrogen (secondary N) is 1. The van der Waals surface area contributed by atoms with Crippen molar-refractivity contribution in [3.63, 3.8) is 0 Å². The van der Waals surface area contributed by atoms with Gasteiger partial charge in [0, 0.05) is 12.8 Å². The van der Waals surface area contributed by atoms with Crippen LogP contribution in [0.3, 0.4) is 0 Å². The van der Waals surface area contributed by atoms with E-state index >= 15 is 0 Å². The van der Waals surface area contributed by atoms with Crippen molar-refractivity contribution < 1.29 is 24.5 Å². The number of esters is 1. The summed E-state index contributed by atoms with van der Waals surface area (Å²) in [7, 11) is 0. The van der Waals surface area contributed by atoms with Crippen LogP contribution in [0.2, 0.25) is 0 Å². The zero-order valence-electron chi connectivity index (χ0n) is 45.1. The van der Waals surface area contributed by atoms with Gasteiger partial charge < -0.3 is 20.3 Å². The molecule has 0 aliphatic heterocycles. The Morgan fingerprint density at radius 2 is 0.776 bits per heavy atom. The molecule has 0 saturated heterocycles. The molecule has 2 unspecified atom stereocenters. The topological polar surface area (TPSA) is 95.9 Å². The first-order valence-corrected chi connectivity index (χ1v) is 30.1. The number of aliphatic hydroxyl groups is 2. The predicted octanol–water partition coefficient (Wildman–Crippen LogP) is 18.6. The highest BCUT2D eigenvalue weighted by molar-refractivity contribution is 5.76. The highest BCUT2D eigenvalue weighted by atomic mass is 16.5. The molecule has 0 aliphatic carbocycles. The van der Waals surface area contributed by atoms with Crippen LogP contribution in [0.5, 0.6) is 0 Å². The third-order valence-corrected chi connectivity index (χ3v) is 14.0. The molecule has 0 bridgehead atoms. The molecule has 0 aromatic rings. The average molecular weight is 945 g/mol. The Bertz CT molecular complexity index is 1040. The van der Waals surface area contributed by atoms with Crippen molar-refractivity contribution in [2.75, 3.05) is 13.2 Å². The van der Waals surface area contributed by atoms with Crippen molar-refractivity contribution in [1.29, 1.82) is 0 Å². The lowest BCUT2D eigenvalue weighted by Gasteiger charge is -2.22. The van der Waals surface area contributed by atoms with E-state index in [1.54, 1.807) is 0 Å². The Balaban J connectivity index is 3.44. The summed E-state index contributed by atoms with van der Waals surface area (Å²) in [6, 6.07) is -0.553. The summed E-state index contributed by atoms with van der Waals surface area (Å²) in [4.78, 5) is 24.5. The van der Waals surface area contributed by atoms with Crippen LogP contribution < -0.4 is 5.32 Å². The molecular formula is C61H117NO5. The van der Waals surface area contributed by atoms with Crippen molar-refractivity contribution in [1.82, 2.24) is 5.32 Å². The Kier molecular flexibility index (Phi) is 55.5.